The van der Waals surface area contributed by atoms with Crippen LogP contribution in [0.4, 0.5) is 4.39 Å². The molecule has 5 heteroatoms. The fourth-order valence-corrected chi connectivity index (χ4v) is 1.10. The lowest BCUT2D eigenvalue weighted by Crippen LogP contribution is -2.09. The Labute approximate surface area is 110 Å². The van der Waals surface area contributed by atoms with Gasteiger partial charge in [-0.25, -0.2) is 14.0 Å². The van der Waals surface area contributed by atoms with Crippen molar-refractivity contribution in [1.29, 1.82) is 0 Å². The molecule has 1 aromatic carbocycles. The first-order valence-electron chi connectivity index (χ1n) is 5.80. The van der Waals surface area contributed by atoms with Gasteiger partial charge in [0.05, 0.1) is 6.61 Å². The van der Waals surface area contributed by atoms with Crippen LogP contribution in [0.2, 0.25) is 0 Å². The molecular weight excluding hydrogens is 251 g/mol. The van der Waals surface area contributed by atoms with Gasteiger partial charge in [0.2, 0.25) is 0 Å². The maximum atomic E-state index is 13.2. The smallest absolute Gasteiger partial charge is 0.336 e. The minimum Gasteiger partial charge on any atom is -0.462 e. The van der Waals surface area contributed by atoms with E-state index in [-0.39, 0.29) is 18.3 Å². The van der Waals surface area contributed by atoms with E-state index in [0.717, 1.165) is 12.2 Å². The van der Waals surface area contributed by atoms with Crippen LogP contribution < -0.4 is 4.74 Å². The fraction of sp³-hybridized carbons (Fsp3) is 0.286. The van der Waals surface area contributed by atoms with E-state index in [1.165, 1.54) is 24.3 Å². The first kappa shape index (κ1) is 14.9. The highest BCUT2D eigenvalue weighted by atomic mass is 19.1. The SMILES string of the molecule is CC(C)COC(=O)/C=C/C(=O)Oc1ccccc1F. The summed E-state index contributed by atoms with van der Waals surface area (Å²) in [6.07, 6.45) is 1.85. The minimum absolute atomic E-state index is 0.187. The van der Waals surface area contributed by atoms with E-state index in [4.69, 9.17) is 9.47 Å². The normalized spacial score (nSPS) is 10.7. The van der Waals surface area contributed by atoms with Gasteiger partial charge >= 0.3 is 11.9 Å². The predicted molar refractivity (Wildman–Crippen MR) is 67.0 cm³/mol. The summed E-state index contributed by atoms with van der Waals surface area (Å²) in [6, 6.07) is 5.50. The molecule has 19 heavy (non-hydrogen) atoms. The molecule has 0 saturated carbocycles. The van der Waals surface area contributed by atoms with Crippen LogP contribution in [0.25, 0.3) is 0 Å². The first-order valence-corrected chi connectivity index (χ1v) is 5.80. The summed E-state index contributed by atoms with van der Waals surface area (Å²) < 4.78 is 22.7. The molecule has 0 atom stereocenters. The number of carbonyl (C=O) groups excluding carboxylic acids is 2. The van der Waals surface area contributed by atoms with Gasteiger partial charge in [-0.15, -0.1) is 0 Å². The molecule has 0 amide bonds. The molecule has 0 bridgehead atoms. The van der Waals surface area contributed by atoms with Gasteiger partial charge in [-0.3, -0.25) is 0 Å². The average Bonchev–Trinajstić information content (AvgIpc) is 2.36. The van der Waals surface area contributed by atoms with Gasteiger partial charge in [-0.1, -0.05) is 26.0 Å². The lowest BCUT2D eigenvalue weighted by molar-refractivity contribution is -0.139. The van der Waals surface area contributed by atoms with Crippen LogP contribution in [0.3, 0.4) is 0 Å². The van der Waals surface area contributed by atoms with Crippen molar-refractivity contribution >= 4 is 11.9 Å². The number of rotatable bonds is 5. The van der Waals surface area contributed by atoms with Crippen LogP contribution >= 0.6 is 0 Å². The molecule has 1 aromatic rings. The standard InChI is InChI=1S/C14H15FO4/c1-10(2)9-18-13(16)7-8-14(17)19-12-6-4-3-5-11(12)15/h3-8,10H,9H2,1-2H3/b8-7+. The van der Waals surface area contributed by atoms with Crippen molar-refractivity contribution < 1.29 is 23.5 Å². The minimum atomic E-state index is -0.841. The third kappa shape index (κ3) is 5.81. The molecule has 4 nitrogen and oxygen atoms in total. The number of hydrogen-bond donors (Lipinski definition) is 0. The first-order chi connectivity index (χ1) is 8.99. The molecule has 0 unspecified atom stereocenters. The average molecular weight is 266 g/mol. The summed E-state index contributed by atoms with van der Waals surface area (Å²) in [5, 5.41) is 0. The molecule has 0 saturated heterocycles. The van der Waals surface area contributed by atoms with Gasteiger partial charge in [0, 0.05) is 12.2 Å². The Bertz CT molecular complexity index is 480. The third-order valence-electron chi connectivity index (χ3n) is 1.96. The largest absolute Gasteiger partial charge is 0.462 e. The van der Waals surface area contributed by atoms with Crippen LogP contribution in [0, 0.1) is 11.7 Å². The Morgan fingerprint density at radius 2 is 1.84 bits per heavy atom. The summed E-state index contributed by atoms with van der Waals surface area (Å²) in [5.74, 6) is -2.10. The Morgan fingerprint density at radius 3 is 2.47 bits per heavy atom. The van der Waals surface area contributed by atoms with Crippen molar-refractivity contribution in [3.63, 3.8) is 0 Å². The van der Waals surface area contributed by atoms with E-state index in [1.807, 2.05) is 13.8 Å². The molecule has 0 aliphatic carbocycles. The zero-order chi connectivity index (χ0) is 14.3. The molecule has 0 aromatic heterocycles. The second-order valence-corrected chi connectivity index (χ2v) is 4.21. The van der Waals surface area contributed by atoms with Crippen molar-refractivity contribution in [1.82, 2.24) is 0 Å². The molecule has 0 radical (unpaired) electrons. The van der Waals surface area contributed by atoms with Gasteiger partial charge in [0.25, 0.3) is 0 Å². The Kier molecular flexibility index (Phi) is 5.73. The molecule has 0 heterocycles. The summed E-state index contributed by atoms with van der Waals surface area (Å²) in [5.41, 5.74) is 0. The molecule has 0 aliphatic heterocycles. The Morgan fingerprint density at radius 1 is 1.21 bits per heavy atom. The lowest BCUT2D eigenvalue weighted by atomic mass is 10.2. The van der Waals surface area contributed by atoms with Crippen molar-refractivity contribution in [3.8, 4) is 5.75 Å². The summed E-state index contributed by atoms with van der Waals surface area (Å²) in [6.45, 7) is 4.05. The molecule has 1 rings (SSSR count). The van der Waals surface area contributed by atoms with E-state index in [1.54, 1.807) is 0 Å². The number of para-hydroxylation sites is 1. The quantitative estimate of drug-likeness (QED) is 0.467. The van der Waals surface area contributed by atoms with Crippen molar-refractivity contribution in [2.24, 2.45) is 5.92 Å². The maximum absolute atomic E-state index is 13.2. The topological polar surface area (TPSA) is 52.6 Å². The van der Waals surface area contributed by atoms with Crippen LogP contribution in [-0.2, 0) is 14.3 Å². The number of halogens is 1. The molecule has 102 valence electrons. The van der Waals surface area contributed by atoms with Crippen LogP contribution in [0.15, 0.2) is 36.4 Å². The van der Waals surface area contributed by atoms with Crippen molar-refractivity contribution in [2.45, 2.75) is 13.8 Å². The van der Waals surface area contributed by atoms with Gasteiger partial charge in [0.15, 0.2) is 11.6 Å². The van der Waals surface area contributed by atoms with Gasteiger partial charge in [-0.05, 0) is 18.1 Å². The highest BCUT2D eigenvalue weighted by Gasteiger charge is 2.07. The molecule has 0 N–H and O–H groups in total. The van der Waals surface area contributed by atoms with E-state index >= 15 is 0 Å². The van der Waals surface area contributed by atoms with Crippen LogP contribution in [-0.4, -0.2) is 18.5 Å². The van der Waals surface area contributed by atoms with Crippen molar-refractivity contribution in [2.75, 3.05) is 6.61 Å². The Balaban J connectivity index is 2.47. The highest BCUT2D eigenvalue weighted by Crippen LogP contribution is 2.15. The number of esters is 2. The van der Waals surface area contributed by atoms with Crippen LogP contribution in [0.5, 0.6) is 5.75 Å². The van der Waals surface area contributed by atoms with Gasteiger partial charge < -0.3 is 9.47 Å². The molecular formula is C14H15FO4. The molecule has 0 spiro atoms. The summed E-state index contributed by atoms with van der Waals surface area (Å²) in [4.78, 5) is 22.5. The van der Waals surface area contributed by atoms with Gasteiger partial charge in [-0.2, -0.15) is 0 Å². The van der Waals surface area contributed by atoms with E-state index in [0.29, 0.717) is 0 Å². The summed E-state index contributed by atoms with van der Waals surface area (Å²) in [7, 11) is 0. The van der Waals surface area contributed by atoms with E-state index in [9.17, 15) is 14.0 Å². The van der Waals surface area contributed by atoms with E-state index < -0.39 is 17.8 Å². The zero-order valence-electron chi connectivity index (χ0n) is 10.8. The molecule has 0 aliphatic rings. The zero-order valence-corrected chi connectivity index (χ0v) is 10.8. The predicted octanol–water partition coefficient (Wildman–Crippen LogP) is 2.49. The summed E-state index contributed by atoms with van der Waals surface area (Å²) >= 11 is 0. The van der Waals surface area contributed by atoms with Gasteiger partial charge in [0.1, 0.15) is 0 Å². The fourth-order valence-electron chi connectivity index (χ4n) is 1.10. The lowest BCUT2D eigenvalue weighted by Gasteiger charge is -2.04. The Hall–Kier alpha value is -2.17. The second kappa shape index (κ2) is 7.31. The number of benzene rings is 1. The molecule has 0 fully saturated rings. The second-order valence-electron chi connectivity index (χ2n) is 4.21. The number of hydrogen-bond acceptors (Lipinski definition) is 4. The maximum Gasteiger partial charge on any atom is 0.336 e. The number of carbonyl (C=O) groups is 2. The third-order valence-corrected chi connectivity index (χ3v) is 1.96. The van der Waals surface area contributed by atoms with Crippen molar-refractivity contribution in [3.05, 3.63) is 42.2 Å². The number of ether oxygens (including phenoxy) is 2. The monoisotopic (exact) mass is 266 g/mol. The van der Waals surface area contributed by atoms with Crippen LogP contribution in [0.1, 0.15) is 13.8 Å². The van der Waals surface area contributed by atoms with E-state index in [2.05, 4.69) is 0 Å². The highest BCUT2D eigenvalue weighted by molar-refractivity contribution is 5.92.